The van der Waals surface area contributed by atoms with Crippen molar-refractivity contribution in [3.05, 3.63) is 28.6 Å². The van der Waals surface area contributed by atoms with Crippen molar-refractivity contribution in [3.63, 3.8) is 0 Å². The first-order chi connectivity index (χ1) is 8.32. The average molecular weight is 265 g/mol. The monoisotopic (exact) mass is 265 g/mol. The third kappa shape index (κ3) is 2.73. The van der Waals surface area contributed by atoms with Crippen LogP contribution < -0.4 is 5.73 Å². The average Bonchev–Trinajstić information content (AvgIpc) is 2.26. The van der Waals surface area contributed by atoms with Crippen molar-refractivity contribution in [3.8, 4) is 6.07 Å². The number of hydrogen-bond acceptors (Lipinski definition) is 3. The Kier molecular flexibility index (Phi) is 4.19. The van der Waals surface area contributed by atoms with Gasteiger partial charge in [0, 0.05) is 18.3 Å². The van der Waals surface area contributed by atoms with Gasteiger partial charge >= 0.3 is 6.18 Å². The smallest absolute Gasteiger partial charge is 0.325 e. The number of hydrogen-bond donors (Lipinski definition) is 1. The zero-order valence-corrected chi connectivity index (χ0v) is 8.93. The van der Waals surface area contributed by atoms with Gasteiger partial charge in [-0.15, -0.1) is 0 Å². The van der Waals surface area contributed by atoms with Crippen LogP contribution in [0.1, 0.15) is 28.8 Å². The van der Waals surface area contributed by atoms with Crippen LogP contribution in [0.25, 0.3) is 0 Å². The number of nitrogens with two attached hydrogens (primary N) is 1. The van der Waals surface area contributed by atoms with Crippen molar-refractivity contribution in [2.24, 2.45) is 5.73 Å². The van der Waals surface area contributed by atoms with Gasteiger partial charge in [-0.2, -0.15) is 18.4 Å². The fraction of sp³-hybridized carbons (Fsp3) is 0.400. The molecule has 98 valence electrons. The number of nitriles is 1. The molecule has 0 aliphatic carbocycles. The van der Waals surface area contributed by atoms with Crippen molar-refractivity contribution in [1.82, 2.24) is 4.98 Å². The van der Waals surface area contributed by atoms with Crippen molar-refractivity contribution >= 4 is 0 Å². The van der Waals surface area contributed by atoms with Crippen LogP contribution in [0.15, 0.2) is 6.20 Å². The Bertz CT molecular complexity index is 476. The van der Waals surface area contributed by atoms with Crippen LogP contribution in [0.4, 0.5) is 22.0 Å². The second kappa shape index (κ2) is 5.27. The quantitative estimate of drug-likeness (QED) is 0.854. The van der Waals surface area contributed by atoms with E-state index in [9.17, 15) is 22.0 Å². The third-order valence-electron chi connectivity index (χ3n) is 2.27. The van der Waals surface area contributed by atoms with E-state index in [0.717, 1.165) is 0 Å². The Balaban J connectivity index is 3.60. The maximum Gasteiger partial charge on any atom is 0.418 e. The number of nitrogens with zero attached hydrogens (tertiary/aromatic N) is 2. The Morgan fingerprint density at radius 3 is 2.39 bits per heavy atom. The standard InChI is InChI=1S/C10H8F5N3/c11-9(12)6-4-18-7(3-17)8(10(13,14)15)5(6)1-2-16/h4,9H,1,3,17H2. The van der Waals surface area contributed by atoms with Crippen molar-refractivity contribution in [1.29, 1.82) is 5.26 Å². The van der Waals surface area contributed by atoms with Crippen molar-refractivity contribution in [2.45, 2.75) is 25.6 Å². The summed E-state index contributed by atoms with van der Waals surface area (Å²) < 4.78 is 63.7. The molecule has 0 amide bonds. The molecule has 8 heteroatoms. The second-order valence-corrected chi connectivity index (χ2v) is 3.35. The zero-order valence-electron chi connectivity index (χ0n) is 8.93. The van der Waals surface area contributed by atoms with E-state index >= 15 is 0 Å². The fourth-order valence-electron chi connectivity index (χ4n) is 1.56. The minimum atomic E-state index is -4.88. The Morgan fingerprint density at radius 2 is 2.00 bits per heavy atom. The summed E-state index contributed by atoms with van der Waals surface area (Å²) in [5, 5.41) is 8.47. The largest absolute Gasteiger partial charge is 0.418 e. The van der Waals surface area contributed by atoms with Gasteiger partial charge in [-0.25, -0.2) is 8.78 Å². The van der Waals surface area contributed by atoms with Gasteiger partial charge in [0.1, 0.15) is 0 Å². The molecule has 2 N–H and O–H groups in total. The number of pyridine rings is 1. The minimum absolute atomic E-state index is 0.544. The molecule has 0 aromatic carbocycles. The lowest BCUT2D eigenvalue weighted by molar-refractivity contribution is -0.139. The molecule has 0 spiro atoms. The molecule has 0 fully saturated rings. The number of rotatable bonds is 3. The van der Waals surface area contributed by atoms with Gasteiger partial charge in [0.15, 0.2) is 0 Å². The van der Waals surface area contributed by atoms with Gasteiger partial charge in [-0.05, 0) is 5.56 Å². The topological polar surface area (TPSA) is 62.7 Å². The van der Waals surface area contributed by atoms with E-state index in [-0.39, 0.29) is 0 Å². The summed E-state index contributed by atoms with van der Waals surface area (Å²) in [5.41, 5.74) is 1.59. The lowest BCUT2D eigenvalue weighted by Crippen LogP contribution is -2.18. The van der Waals surface area contributed by atoms with Crippen LogP contribution in [-0.4, -0.2) is 4.98 Å². The first kappa shape index (κ1) is 14.3. The van der Waals surface area contributed by atoms with Crippen molar-refractivity contribution < 1.29 is 22.0 Å². The summed E-state index contributed by atoms with van der Waals surface area (Å²) in [6.45, 7) is -0.545. The van der Waals surface area contributed by atoms with Crippen LogP contribution in [0, 0.1) is 11.3 Å². The third-order valence-corrected chi connectivity index (χ3v) is 2.27. The number of aromatic nitrogens is 1. The van der Waals surface area contributed by atoms with Crippen LogP contribution in [0.5, 0.6) is 0 Å². The highest BCUT2D eigenvalue weighted by Crippen LogP contribution is 2.37. The van der Waals surface area contributed by atoms with E-state index in [4.69, 9.17) is 11.0 Å². The van der Waals surface area contributed by atoms with Gasteiger partial charge in [0.05, 0.1) is 23.7 Å². The van der Waals surface area contributed by atoms with Crippen molar-refractivity contribution in [2.75, 3.05) is 0 Å². The van der Waals surface area contributed by atoms with E-state index in [2.05, 4.69) is 4.98 Å². The summed E-state index contributed by atoms with van der Waals surface area (Å²) in [4.78, 5) is 3.29. The first-order valence-electron chi connectivity index (χ1n) is 4.76. The lowest BCUT2D eigenvalue weighted by atomic mass is 9.98. The van der Waals surface area contributed by atoms with E-state index < -0.39 is 48.0 Å². The van der Waals surface area contributed by atoms with Gasteiger partial charge in [-0.3, -0.25) is 4.98 Å². The molecule has 0 radical (unpaired) electrons. The van der Waals surface area contributed by atoms with E-state index in [0.29, 0.717) is 6.20 Å². The Hall–Kier alpha value is -1.75. The summed E-state index contributed by atoms with van der Waals surface area (Å²) in [7, 11) is 0. The molecule has 1 aromatic rings. The zero-order chi connectivity index (χ0) is 13.9. The molecule has 0 aliphatic heterocycles. The molecule has 0 aliphatic rings. The molecule has 0 saturated heterocycles. The normalized spacial score (nSPS) is 11.7. The summed E-state index contributed by atoms with van der Waals surface area (Å²) in [6.07, 6.45) is -8.15. The highest BCUT2D eigenvalue weighted by Gasteiger charge is 2.38. The molecular formula is C10H8F5N3. The van der Waals surface area contributed by atoms with Crippen LogP contribution in [0.3, 0.4) is 0 Å². The van der Waals surface area contributed by atoms with Gasteiger partial charge < -0.3 is 5.73 Å². The molecule has 0 atom stereocenters. The van der Waals surface area contributed by atoms with Gasteiger partial charge in [0.2, 0.25) is 0 Å². The van der Waals surface area contributed by atoms with E-state index in [1.807, 2.05) is 0 Å². The maximum atomic E-state index is 12.8. The molecule has 1 rings (SSSR count). The maximum absolute atomic E-state index is 12.8. The SMILES string of the molecule is N#CCc1c(C(F)F)cnc(CN)c1C(F)(F)F. The molecule has 18 heavy (non-hydrogen) atoms. The fourth-order valence-corrected chi connectivity index (χ4v) is 1.56. The second-order valence-electron chi connectivity index (χ2n) is 3.35. The first-order valence-corrected chi connectivity index (χ1v) is 4.76. The van der Waals surface area contributed by atoms with Crippen LogP contribution in [0.2, 0.25) is 0 Å². The Labute approximate surface area is 99.0 Å². The van der Waals surface area contributed by atoms with E-state index in [1.165, 1.54) is 6.07 Å². The van der Waals surface area contributed by atoms with E-state index in [1.54, 1.807) is 0 Å². The van der Waals surface area contributed by atoms with Gasteiger partial charge in [-0.1, -0.05) is 0 Å². The lowest BCUT2D eigenvalue weighted by Gasteiger charge is -2.17. The number of halogens is 5. The summed E-state index contributed by atoms with van der Waals surface area (Å²) >= 11 is 0. The molecule has 0 bridgehead atoms. The van der Waals surface area contributed by atoms with Gasteiger partial charge in [0.25, 0.3) is 6.43 Å². The highest BCUT2D eigenvalue weighted by atomic mass is 19.4. The van der Waals surface area contributed by atoms with Crippen LogP contribution >= 0.6 is 0 Å². The number of alkyl halides is 5. The molecule has 1 heterocycles. The van der Waals surface area contributed by atoms with Crippen LogP contribution in [-0.2, 0) is 19.1 Å². The predicted octanol–water partition coefficient (Wildman–Crippen LogP) is 2.56. The summed E-state index contributed by atoms with van der Waals surface area (Å²) in [6, 6.07) is 1.44. The molecule has 0 saturated carbocycles. The molecular weight excluding hydrogens is 257 g/mol. The molecule has 1 aromatic heterocycles. The molecule has 0 unspecified atom stereocenters. The minimum Gasteiger partial charge on any atom is -0.325 e. The predicted molar refractivity (Wildman–Crippen MR) is 51.4 cm³/mol. The molecule has 3 nitrogen and oxygen atoms in total. The Morgan fingerprint density at radius 1 is 1.39 bits per heavy atom. The highest BCUT2D eigenvalue weighted by molar-refractivity contribution is 5.41. The summed E-state index contributed by atoms with van der Waals surface area (Å²) in [5.74, 6) is 0.